The van der Waals surface area contributed by atoms with Crippen molar-refractivity contribution in [3.05, 3.63) is 68.2 Å². The van der Waals surface area contributed by atoms with Crippen LogP contribution < -0.4 is 10.5 Å². The van der Waals surface area contributed by atoms with Crippen LogP contribution in [0, 0.1) is 37.4 Å². The van der Waals surface area contributed by atoms with Crippen LogP contribution in [0.25, 0.3) is 11.3 Å². The SMILES string of the molecule is COc1cc(Cl)c(-c2nc(C#C[C@@H](N)C(CCCCC3CC3)c3ccc(F)cc3)sc2C)cc1C. The molecule has 3 nitrogen and oxygen atoms in total. The summed E-state index contributed by atoms with van der Waals surface area (Å²) in [5.41, 5.74) is 10.3. The number of hydrogen-bond acceptors (Lipinski definition) is 4. The summed E-state index contributed by atoms with van der Waals surface area (Å²) in [5.74, 6) is 7.94. The van der Waals surface area contributed by atoms with Crippen LogP contribution in [0.2, 0.25) is 5.02 Å². The third kappa shape index (κ3) is 6.64. The average Bonchev–Trinajstić information content (AvgIpc) is 3.60. The van der Waals surface area contributed by atoms with Crippen molar-refractivity contribution in [1.82, 2.24) is 4.98 Å². The molecule has 0 bridgehead atoms. The minimum Gasteiger partial charge on any atom is -0.496 e. The van der Waals surface area contributed by atoms with Crippen molar-refractivity contribution in [3.63, 3.8) is 0 Å². The van der Waals surface area contributed by atoms with E-state index in [1.54, 1.807) is 7.11 Å². The van der Waals surface area contributed by atoms with Gasteiger partial charge in [0.1, 0.15) is 11.6 Å². The highest BCUT2D eigenvalue weighted by atomic mass is 35.5. The highest BCUT2D eigenvalue weighted by Crippen LogP contribution is 2.37. The number of aromatic nitrogens is 1. The van der Waals surface area contributed by atoms with Gasteiger partial charge in [-0.3, -0.25) is 0 Å². The molecule has 1 unspecified atom stereocenters. The molecule has 2 atom stereocenters. The fourth-order valence-corrected chi connectivity index (χ4v) is 5.51. The van der Waals surface area contributed by atoms with E-state index in [9.17, 15) is 4.39 Å². The standard InChI is InChI=1S/C29H32ClFN2OS/c1-18-16-24(25(30)17-27(18)34-3)29-19(2)35-28(33-29)15-14-26(32)23(7-5-4-6-20-8-9-20)21-10-12-22(31)13-11-21/h10-13,16-17,20,23,26H,4-9,32H2,1-3H3/t23?,26-/m1/s1. The van der Waals surface area contributed by atoms with Gasteiger partial charge in [0.05, 0.1) is 23.9 Å². The predicted molar refractivity (Wildman–Crippen MR) is 144 cm³/mol. The highest BCUT2D eigenvalue weighted by Gasteiger charge is 2.22. The average molecular weight is 511 g/mol. The zero-order valence-electron chi connectivity index (χ0n) is 20.5. The molecular weight excluding hydrogens is 479 g/mol. The van der Waals surface area contributed by atoms with Gasteiger partial charge in [-0.05, 0) is 67.5 Å². The lowest BCUT2D eigenvalue weighted by Gasteiger charge is -2.20. The molecule has 0 amide bonds. The molecule has 0 radical (unpaired) electrons. The highest BCUT2D eigenvalue weighted by molar-refractivity contribution is 7.12. The molecule has 1 heterocycles. The first-order chi connectivity index (χ1) is 16.9. The van der Waals surface area contributed by atoms with E-state index in [2.05, 4.69) is 11.8 Å². The van der Waals surface area contributed by atoms with Crippen LogP contribution in [0.5, 0.6) is 5.75 Å². The largest absolute Gasteiger partial charge is 0.496 e. The second-order valence-electron chi connectivity index (χ2n) is 9.41. The number of nitrogens with zero attached hydrogens (tertiary/aromatic N) is 1. The van der Waals surface area contributed by atoms with Gasteiger partial charge in [0, 0.05) is 16.4 Å². The second-order valence-corrected chi connectivity index (χ2v) is 11.0. The molecule has 0 spiro atoms. The number of nitrogens with two attached hydrogens (primary N) is 1. The first kappa shape index (κ1) is 25.7. The summed E-state index contributed by atoms with van der Waals surface area (Å²) in [6, 6.07) is 10.1. The molecule has 3 aromatic rings. The van der Waals surface area contributed by atoms with Crippen LogP contribution in [0.3, 0.4) is 0 Å². The van der Waals surface area contributed by atoms with Crippen molar-refractivity contribution >= 4 is 22.9 Å². The van der Waals surface area contributed by atoms with Gasteiger partial charge < -0.3 is 10.5 Å². The third-order valence-corrected chi connectivity index (χ3v) is 7.89. The summed E-state index contributed by atoms with van der Waals surface area (Å²) in [7, 11) is 1.63. The Bertz CT molecular complexity index is 1220. The first-order valence-corrected chi connectivity index (χ1v) is 13.4. The molecule has 6 heteroatoms. The minimum absolute atomic E-state index is 0.0570. The summed E-state index contributed by atoms with van der Waals surface area (Å²) in [5, 5.41) is 1.31. The van der Waals surface area contributed by atoms with Crippen LogP contribution in [-0.2, 0) is 0 Å². The van der Waals surface area contributed by atoms with E-state index in [0.29, 0.717) is 10.0 Å². The molecule has 1 aliphatic carbocycles. The number of rotatable bonds is 9. The maximum atomic E-state index is 13.5. The van der Waals surface area contributed by atoms with Gasteiger partial charge in [0.15, 0.2) is 5.01 Å². The van der Waals surface area contributed by atoms with Gasteiger partial charge in [-0.1, -0.05) is 61.8 Å². The summed E-state index contributed by atoms with van der Waals surface area (Å²) < 4.78 is 18.9. The van der Waals surface area contributed by atoms with Crippen LogP contribution in [0.4, 0.5) is 4.39 Å². The topological polar surface area (TPSA) is 48.1 Å². The van der Waals surface area contributed by atoms with Crippen molar-refractivity contribution < 1.29 is 9.13 Å². The first-order valence-electron chi connectivity index (χ1n) is 12.2. The zero-order chi connectivity index (χ0) is 24.9. The fraction of sp³-hybridized carbons (Fsp3) is 0.414. The Morgan fingerprint density at radius 2 is 1.94 bits per heavy atom. The van der Waals surface area contributed by atoms with Crippen LogP contribution >= 0.6 is 22.9 Å². The monoisotopic (exact) mass is 510 g/mol. The lowest BCUT2D eigenvalue weighted by Crippen LogP contribution is -2.27. The van der Waals surface area contributed by atoms with Crippen LogP contribution in [0.1, 0.15) is 65.5 Å². The number of benzene rings is 2. The smallest absolute Gasteiger partial charge is 0.167 e. The maximum Gasteiger partial charge on any atom is 0.167 e. The van der Waals surface area contributed by atoms with Crippen LogP contribution in [0.15, 0.2) is 36.4 Å². The summed E-state index contributed by atoms with van der Waals surface area (Å²) in [4.78, 5) is 5.82. The Hall–Kier alpha value is -2.39. The van der Waals surface area contributed by atoms with Gasteiger partial charge >= 0.3 is 0 Å². The molecular formula is C29H32ClFN2OS. The Labute approximate surface area is 216 Å². The summed E-state index contributed by atoms with van der Waals surface area (Å²) in [6.07, 6.45) is 7.30. The number of halogens is 2. The van der Waals surface area contributed by atoms with E-state index in [4.69, 9.17) is 27.1 Å². The van der Waals surface area contributed by atoms with Gasteiger partial charge in [-0.2, -0.15) is 0 Å². The van der Waals surface area contributed by atoms with Crippen molar-refractivity contribution in [1.29, 1.82) is 0 Å². The Kier molecular flexibility index (Phi) is 8.49. The Morgan fingerprint density at radius 3 is 2.63 bits per heavy atom. The predicted octanol–water partition coefficient (Wildman–Crippen LogP) is 7.66. The van der Waals surface area contributed by atoms with E-state index in [1.807, 2.05) is 38.1 Å². The molecule has 2 N–H and O–H groups in total. The van der Waals surface area contributed by atoms with Crippen molar-refractivity contribution in [2.45, 2.75) is 64.3 Å². The minimum atomic E-state index is -0.360. The van der Waals surface area contributed by atoms with Gasteiger partial charge in [-0.25, -0.2) is 9.37 Å². The number of unbranched alkanes of at least 4 members (excludes halogenated alkanes) is 1. The fourth-order valence-electron chi connectivity index (χ4n) is 4.48. The molecule has 2 aromatic carbocycles. The van der Waals surface area contributed by atoms with Crippen molar-refractivity contribution in [2.24, 2.45) is 11.7 Å². The van der Waals surface area contributed by atoms with Crippen molar-refractivity contribution in [2.75, 3.05) is 7.11 Å². The van der Waals surface area contributed by atoms with E-state index >= 15 is 0 Å². The Morgan fingerprint density at radius 1 is 1.20 bits per heavy atom. The number of aryl methyl sites for hydroxylation is 2. The summed E-state index contributed by atoms with van der Waals surface area (Å²) >= 11 is 8.07. The molecule has 0 saturated heterocycles. The number of thiazole rings is 1. The second kappa shape index (κ2) is 11.6. The lowest BCUT2D eigenvalue weighted by molar-refractivity contribution is 0.412. The van der Waals surface area contributed by atoms with E-state index < -0.39 is 0 Å². The number of hydrogen-bond donors (Lipinski definition) is 1. The van der Waals surface area contributed by atoms with Crippen LogP contribution in [-0.4, -0.2) is 18.1 Å². The van der Waals surface area contributed by atoms with E-state index in [0.717, 1.165) is 51.8 Å². The summed E-state index contributed by atoms with van der Waals surface area (Å²) in [6.45, 7) is 4.01. The van der Waals surface area contributed by atoms with Gasteiger partial charge in [0.25, 0.3) is 0 Å². The maximum absolute atomic E-state index is 13.5. The molecule has 1 aliphatic rings. The molecule has 1 fully saturated rings. The molecule has 0 aliphatic heterocycles. The molecule has 184 valence electrons. The molecule has 4 rings (SSSR count). The van der Waals surface area contributed by atoms with E-state index in [1.165, 1.54) is 49.2 Å². The Balaban J connectivity index is 1.53. The number of methoxy groups -OCH3 is 1. The molecule has 1 aromatic heterocycles. The van der Waals surface area contributed by atoms with Gasteiger partial charge in [0.2, 0.25) is 0 Å². The number of ether oxygens (including phenoxy) is 1. The normalized spacial score (nSPS) is 14.8. The van der Waals surface area contributed by atoms with Gasteiger partial charge in [-0.15, -0.1) is 11.3 Å². The molecule has 1 saturated carbocycles. The molecule has 35 heavy (non-hydrogen) atoms. The lowest BCUT2D eigenvalue weighted by atomic mass is 9.87. The third-order valence-electron chi connectivity index (χ3n) is 6.69. The zero-order valence-corrected chi connectivity index (χ0v) is 22.1. The quantitative estimate of drug-likeness (QED) is 0.237. The van der Waals surface area contributed by atoms with Crippen molar-refractivity contribution in [3.8, 4) is 28.8 Å². The van der Waals surface area contributed by atoms with E-state index in [-0.39, 0.29) is 17.8 Å².